The van der Waals surface area contributed by atoms with Gasteiger partial charge in [0, 0.05) is 12.6 Å². The summed E-state index contributed by atoms with van der Waals surface area (Å²) < 4.78 is 6.92. The molecule has 104 valence electrons. The molecule has 9 heteroatoms. The summed E-state index contributed by atoms with van der Waals surface area (Å²) in [6, 6.07) is 1.00. The van der Waals surface area contributed by atoms with Crippen molar-refractivity contribution in [1.29, 1.82) is 0 Å². The highest BCUT2D eigenvalue weighted by atomic mass is 16.6. The van der Waals surface area contributed by atoms with E-state index in [1.807, 2.05) is 6.92 Å². The highest BCUT2D eigenvalue weighted by Gasteiger charge is 2.21. The van der Waals surface area contributed by atoms with E-state index in [1.165, 1.54) is 6.20 Å². The molecule has 0 amide bonds. The SMILES string of the molecule is CCn1cc(Oc2cc(C(=O)O)c([N+](=O)[O-])cn2)cn1. The Bertz CT molecular complexity index is 667. The van der Waals surface area contributed by atoms with Gasteiger partial charge < -0.3 is 9.84 Å². The first-order valence-corrected chi connectivity index (χ1v) is 5.59. The number of rotatable bonds is 5. The van der Waals surface area contributed by atoms with Crippen molar-refractivity contribution in [2.75, 3.05) is 0 Å². The van der Waals surface area contributed by atoms with Crippen LogP contribution in [0.5, 0.6) is 11.6 Å². The van der Waals surface area contributed by atoms with Gasteiger partial charge in [0.1, 0.15) is 11.8 Å². The maximum atomic E-state index is 11.0. The summed E-state index contributed by atoms with van der Waals surface area (Å²) in [7, 11) is 0. The zero-order valence-corrected chi connectivity index (χ0v) is 10.4. The molecule has 0 saturated carbocycles. The third kappa shape index (κ3) is 2.71. The van der Waals surface area contributed by atoms with Crippen LogP contribution in [0.2, 0.25) is 0 Å². The van der Waals surface area contributed by atoms with Gasteiger partial charge in [-0.15, -0.1) is 0 Å². The average Bonchev–Trinajstić information content (AvgIpc) is 2.86. The molecule has 0 spiro atoms. The molecule has 0 aliphatic heterocycles. The van der Waals surface area contributed by atoms with Crippen LogP contribution < -0.4 is 4.74 Å². The van der Waals surface area contributed by atoms with Crippen molar-refractivity contribution in [3.05, 3.63) is 40.3 Å². The van der Waals surface area contributed by atoms with E-state index in [4.69, 9.17) is 9.84 Å². The zero-order chi connectivity index (χ0) is 14.7. The number of aromatic nitrogens is 3. The third-order valence-electron chi connectivity index (χ3n) is 2.44. The number of carboxylic acid groups (broad SMARTS) is 1. The van der Waals surface area contributed by atoms with Gasteiger partial charge in [0.05, 0.1) is 17.3 Å². The Morgan fingerprint density at radius 3 is 2.85 bits per heavy atom. The molecule has 0 aromatic carbocycles. The number of hydrogen-bond acceptors (Lipinski definition) is 6. The van der Waals surface area contributed by atoms with E-state index in [0.29, 0.717) is 12.3 Å². The van der Waals surface area contributed by atoms with Gasteiger partial charge in [0.2, 0.25) is 5.88 Å². The molecule has 2 aromatic rings. The molecule has 2 heterocycles. The summed E-state index contributed by atoms with van der Waals surface area (Å²) in [6.45, 7) is 2.54. The molecule has 0 fully saturated rings. The maximum absolute atomic E-state index is 11.0. The average molecular weight is 278 g/mol. The summed E-state index contributed by atoms with van der Waals surface area (Å²) in [5, 5.41) is 23.6. The Labute approximate surface area is 112 Å². The molecule has 20 heavy (non-hydrogen) atoms. The molecule has 0 radical (unpaired) electrons. The summed E-state index contributed by atoms with van der Waals surface area (Å²) in [5.74, 6) is -1.11. The van der Waals surface area contributed by atoms with Crippen molar-refractivity contribution in [1.82, 2.24) is 14.8 Å². The van der Waals surface area contributed by atoms with Gasteiger partial charge in [0.15, 0.2) is 5.75 Å². The molecular weight excluding hydrogens is 268 g/mol. The van der Waals surface area contributed by atoms with E-state index in [0.717, 1.165) is 12.3 Å². The topological polar surface area (TPSA) is 120 Å². The number of ether oxygens (including phenoxy) is 1. The Morgan fingerprint density at radius 1 is 1.55 bits per heavy atom. The standard InChI is InChI=1S/C11H10N4O5/c1-2-14-6-7(4-13-14)20-10-3-8(11(16)17)9(5-12-10)15(18)19/h3-6H,2H2,1H3,(H,16,17). The van der Waals surface area contributed by atoms with Crippen molar-refractivity contribution in [2.45, 2.75) is 13.5 Å². The quantitative estimate of drug-likeness (QED) is 0.652. The van der Waals surface area contributed by atoms with Crippen LogP contribution in [-0.2, 0) is 6.54 Å². The number of aryl methyl sites for hydroxylation is 1. The number of carboxylic acids is 1. The maximum Gasteiger partial charge on any atom is 0.342 e. The Hall–Kier alpha value is -2.97. The van der Waals surface area contributed by atoms with E-state index in [2.05, 4.69) is 10.1 Å². The lowest BCUT2D eigenvalue weighted by atomic mass is 10.2. The lowest BCUT2D eigenvalue weighted by Gasteiger charge is -2.03. The summed E-state index contributed by atoms with van der Waals surface area (Å²) in [4.78, 5) is 24.6. The molecule has 0 saturated heterocycles. The van der Waals surface area contributed by atoms with Gasteiger partial charge >= 0.3 is 11.7 Å². The van der Waals surface area contributed by atoms with E-state index in [1.54, 1.807) is 10.9 Å². The van der Waals surface area contributed by atoms with Gasteiger partial charge in [-0.05, 0) is 6.92 Å². The third-order valence-corrected chi connectivity index (χ3v) is 2.44. The minimum atomic E-state index is -1.42. The van der Waals surface area contributed by atoms with E-state index in [9.17, 15) is 14.9 Å². The molecule has 9 nitrogen and oxygen atoms in total. The Morgan fingerprint density at radius 2 is 2.30 bits per heavy atom. The molecule has 1 N–H and O–H groups in total. The minimum Gasteiger partial charge on any atom is -0.477 e. The van der Waals surface area contributed by atoms with E-state index in [-0.39, 0.29) is 5.88 Å². The smallest absolute Gasteiger partial charge is 0.342 e. The molecular formula is C11H10N4O5. The number of nitro groups is 1. The number of hydrogen-bond donors (Lipinski definition) is 1. The van der Waals surface area contributed by atoms with Crippen molar-refractivity contribution in [3.63, 3.8) is 0 Å². The second kappa shape index (κ2) is 5.34. The molecule has 0 unspecified atom stereocenters. The second-order valence-corrected chi connectivity index (χ2v) is 3.74. The number of carbonyl (C=O) groups is 1. The van der Waals surface area contributed by atoms with Crippen LogP contribution >= 0.6 is 0 Å². The number of aromatic carboxylic acids is 1. The zero-order valence-electron chi connectivity index (χ0n) is 10.4. The first kappa shape index (κ1) is 13.5. The van der Waals surface area contributed by atoms with Crippen molar-refractivity contribution in [3.8, 4) is 11.6 Å². The van der Waals surface area contributed by atoms with Crippen molar-refractivity contribution >= 4 is 11.7 Å². The lowest BCUT2D eigenvalue weighted by Crippen LogP contribution is -2.04. The van der Waals surface area contributed by atoms with Gasteiger partial charge in [-0.1, -0.05) is 0 Å². The van der Waals surface area contributed by atoms with Gasteiger partial charge in [0.25, 0.3) is 0 Å². The van der Waals surface area contributed by atoms with Crippen LogP contribution in [0, 0.1) is 10.1 Å². The van der Waals surface area contributed by atoms with Crippen molar-refractivity contribution < 1.29 is 19.6 Å². The molecule has 2 aromatic heterocycles. The lowest BCUT2D eigenvalue weighted by molar-refractivity contribution is -0.385. The normalized spacial score (nSPS) is 10.2. The van der Waals surface area contributed by atoms with E-state index >= 15 is 0 Å². The first-order chi connectivity index (χ1) is 9.51. The highest BCUT2D eigenvalue weighted by molar-refractivity contribution is 5.92. The fourth-order valence-electron chi connectivity index (χ4n) is 1.49. The van der Waals surface area contributed by atoms with Crippen LogP contribution in [0.25, 0.3) is 0 Å². The number of pyridine rings is 1. The monoisotopic (exact) mass is 278 g/mol. The van der Waals surface area contributed by atoms with Gasteiger partial charge in [-0.3, -0.25) is 14.8 Å². The van der Waals surface area contributed by atoms with E-state index < -0.39 is 22.1 Å². The second-order valence-electron chi connectivity index (χ2n) is 3.74. The van der Waals surface area contributed by atoms with Gasteiger partial charge in [-0.2, -0.15) is 5.10 Å². The predicted molar refractivity (Wildman–Crippen MR) is 65.8 cm³/mol. The van der Waals surface area contributed by atoms with Crippen LogP contribution in [0.4, 0.5) is 5.69 Å². The van der Waals surface area contributed by atoms with Gasteiger partial charge in [-0.25, -0.2) is 9.78 Å². The fourth-order valence-corrected chi connectivity index (χ4v) is 1.49. The van der Waals surface area contributed by atoms with Crippen LogP contribution in [0.3, 0.4) is 0 Å². The predicted octanol–water partition coefficient (Wildman–Crippen LogP) is 1.70. The molecule has 0 aliphatic carbocycles. The van der Waals surface area contributed by atoms with Crippen LogP contribution in [0.15, 0.2) is 24.7 Å². The van der Waals surface area contributed by atoms with Crippen LogP contribution in [-0.4, -0.2) is 30.8 Å². The molecule has 2 rings (SSSR count). The largest absolute Gasteiger partial charge is 0.477 e. The molecule has 0 bridgehead atoms. The summed E-state index contributed by atoms with van der Waals surface area (Å²) >= 11 is 0. The summed E-state index contributed by atoms with van der Waals surface area (Å²) in [5.41, 5.74) is -1.07. The summed E-state index contributed by atoms with van der Waals surface area (Å²) in [6.07, 6.45) is 3.89. The Balaban J connectivity index is 2.31. The fraction of sp³-hybridized carbons (Fsp3) is 0.182. The van der Waals surface area contributed by atoms with Crippen molar-refractivity contribution in [2.24, 2.45) is 0 Å². The molecule has 0 atom stereocenters. The minimum absolute atomic E-state index is 0.0522. The molecule has 0 aliphatic rings. The highest BCUT2D eigenvalue weighted by Crippen LogP contribution is 2.24. The first-order valence-electron chi connectivity index (χ1n) is 5.59. The Kier molecular flexibility index (Phi) is 3.60. The number of nitrogens with zero attached hydrogens (tertiary/aromatic N) is 4. The van der Waals surface area contributed by atoms with Crippen LogP contribution in [0.1, 0.15) is 17.3 Å².